The number of halogens is 2. The number of fused-ring (bicyclic) bond motifs is 1. The zero-order valence-electron chi connectivity index (χ0n) is 21.1. The van der Waals surface area contributed by atoms with Gasteiger partial charge in [0.05, 0.1) is 16.9 Å². The molecule has 0 radical (unpaired) electrons. The molecule has 0 aliphatic carbocycles. The number of rotatable bonds is 7. The number of likely N-dealkylation sites (tertiary alicyclic amines) is 1. The molecule has 2 aromatic heterocycles. The Balaban J connectivity index is 1.35. The number of carbonyl (C=O) groups is 1. The highest BCUT2D eigenvalue weighted by Gasteiger charge is 2.41. The zero-order chi connectivity index (χ0) is 27.9. The van der Waals surface area contributed by atoms with Crippen LogP contribution in [0.2, 0.25) is 0 Å². The molecule has 11 nitrogen and oxygen atoms in total. The van der Waals surface area contributed by atoms with Gasteiger partial charge in [0.1, 0.15) is 23.5 Å². The summed E-state index contributed by atoms with van der Waals surface area (Å²) in [5, 5.41) is 12.7. The van der Waals surface area contributed by atoms with E-state index in [2.05, 4.69) is 20.3 Å². The Bertz CT molecular complexity index is 1560. The second kappa shape index (κ2) is 10.1. The molecule has 208 valence electrons. The molecule has 0 saturated carbocycles. The van der Waals surface area contributed by atoms with Crippen molar-refractivity contribution in [3.63, 3.8) is 0 Å². The van der Waals surface area contributed by atoms with Crippen molar-refractivity contribution in [1.82, 2.24) is 19.9 Å². The summed E-state index contributed by atoms with van der Waals surface area (Å²) in [6.45, 7) is 2.38. The van der Waals surface area contributed by atoms with Crippen LogP contribution in [0.15, 0.2) is 41.5 Å². The quantitative estimate of drug-likeness (QED) is 0.395. The maximum atomic E-state index is 15.1. The Kier molecular flexibility index (Phi) is 6.91. The summed E-state index contributed by atoms with van der Waals surface area (Å²) >= 11 is 0. The van der Waals surface area contributed by atoms with Crippen LogP contribution in [0.1, 0.15) is 30.5 Å². The van der Waals surface area contributed by atoms with Crippen LogP contribution in [-0.4, -0.2) is 77.2 Å². The van der Waals surface area contributed by atoms with Crippen molar-refractivity contribution >= 4 is 38.5 Å². The summed E-state index contributed by atoms with van der Waals surface area (Å²) in [5.41, 5.74) is 0.635. The van der Waals surface area contributed by atoms with Gasteiger partial charge in [-0.05, 0) is 24.6 Å². The van der Waals surface area contributed by atoms with Crippen molar-refractivity contribution in [3.8, 4) is 0 Å². The van der Waals surface area contributed by atoms with E-state index in [1.165, 1.54) is 18.5 Å². The van der Waals surface area contributed by atoms with E-state index in [9.17, 15) is 18.0 Å². The lowest BCUT2D eigenvalue weighted by molar-refractivity contribution is -0.0528. The molecule has 14 heteroatoms. The van der Waals surface area contributed by atoms with Crippen LogP contribution in [0, 0.1) is 5.92 Å². The number of hydrogen-bond donors (Lipinski definition) is 3. The normalized spacial score (nSPS) is 18.5. The molecule has 3 aromatic rings. The van der Waals surface area contributed by atoms with Crippen LogP contribution in [0.5, 0.6) is 0 Å². The second-order valence-corrected chi connectivity index (χ2v) is 12.4. The van der Waals surface area contributed by atoms with E-state index in [0.717, 1.165) is 4.90 Å². The molecule has 1 aromatic carbocycles. The van der Waals surface area contributed by atoms with Crippen LogP contribution >= 0.6 is 0 Å². The minimum Gasteiger partial charge on any atom is -0.465 e. The average molecular weight is 563 g/mol. The summed E-state index contributed by atoms with van der Waals surface area (Å²) in [7, 11) is -3.13. The number of pyridine rings is 1. The minimum atomic E-state index is -3.13. The number of amides is 1. The van der Waals surface area contributed by atoms with E-state index in [0.29, 0.717) is 22.5 Å². The molecular formula is C25H28F2N6O5S. The van der Waals surface area contributed by atoms with Crippen molar-refractivity contribution < 1.29 is 27.1 Å². The molecule has 5 rings (SSSR count). The third-order valence-electron chi connectivity index (χ3n) is 7.25. The first kappa shape index (κ1) is 26.8. The Morgan fingerprint density at radius 3 is 2.64 bits per heavy atom. The van der Waals surface area contributed by atoms with Crippen molar-refractivity contribution in [2.45, 2.75) is 25.3 Å². The van der Waals surface area contributed by atoms with Crippen LogP contribution in [0.3, 0.4) is 0 Å². The van der Waals surface area contributed by atoms with Crippen LogP contribution < -0.4 is 15.8 Å². The van der Waals surface area contributed by atoms with E-state index >= 15 is 8.78 Å². The fourth-order valence-electron chi connectivity index (χ4n) is 4.97. The fourth-order valence-corrected chi connectivity index (χ4v) is 6.17. The maximum Gasteiger partial charge on any atom is 0.407 e. The molecule has 1 amide bonds. The zero-order valence-corrected chi connectivity index (χ0v) is 21.9. The van der Waals surface area contributed by atoms with Crippen LogP contribution in [-0.2, 0) is 15.8 Å². The summed E-state index contributed by atoms with van der Waals surface area (Å²) in [5.74, 6) is -3.23. The van der Waals surface area contributed by atoms with E-state index in [4.69, 9.17) is 5.11 Å². The molecular weight excluding hydrogens is 534 g/mol. The van der Waals surface area contributed by atoms with Gasteiger partial charge >= 0.3 is 6.09 Å². The Labute approximate surface area is 222 Å². The van der Waals surface area contributed by atoms with Gasteiger partial charge in [-0.2, -0.15) is 0 Å². The Hall–Kier alpha value is -3.81. The predicted octanol–water partition coefficient (Wildman–Crippen LogP) is 2.82. The van der Waals surface area contributed by atoms with E-state index < -0.39 is 45.8 Å². The fraction of sp³-hybridized carbons (Fsp3) is 0.440. The lowest BCUT2D eigenvalue weighted by atomic mass is 9.89. The molecule has 2 saturated heterocycles. The largest absolute Gasteiger partial charge is 0.465 e. The van der Waals surface area contributed by atoms with Crippen molar-refractivity contribution in [1.29, 1.82) is 0 Å². The third kappa shape index (κ3) is 5.65. The van der Waals surface area contributed by atoms with Crippen molar-refractivity contribution in [2.75, 3.05) is 47.9 Å². The first-order valence-electron chi connectivity index (χ1n) is 12.5. The van der Waals surface area contributed by atoms with Gasteiger partial charge in [-0.1, -0.05) is 18.2 Å². The number of carboxylic acid groups (broad SMARTS) is 1. The van der Waals surface area contributed by atoms with Crippen LogP contribution in [0.25, 0.3) is 11.0 Å². The molecule has 2 aliphatic heterocycles. The molecule has 0 bridgehead atoms. The molecule has 3 N–H and O–H groups in total. The highest BCUT2D eigenvalue weighted by Crippen LogP contribution is 2.38. The number of hydrogen-bond acceptors (Lipinski definition) is 8. The number of nitrogens with one attached hydrogen (secondary N) is 2. The summed E-state index contributed by atoms with van der Waals surface area (Å²) in [6, 6.07) is 7.23. The first-order valence-corrected chi connectivity index (χ1v) is 14.3. The lowest BCUT2D eigenvalue weighted by Gasteiger charge is -2.38. The molecule has 4 heterocycles. The van der Waals surface area contributed by atoms with Gasteiger partial charge in [-0.15, -0.1) is 0 Å². The molecule has 0 spiro atoms. The number of anilines is 2. The first-order chi connectivity index (χ1) is 18.4. The number of sulfone groups is 1. The molecule has 1 atom stereocenters. The standard InChI is InChI=1S/C25H28F2N6O5S/c1-15(17-3-2-4-18(9-17)25(26,27)11-16-12-33(13-16)24(35)36)30-21-19-10-20(23(34)31-22(19)29-14-28-21)32-5-7-39(37,38)8-6-32/h2-4,9-10,14-16H,5-8,11-13H2,1H3,(H,35,36)(H2,28,29,30,31,34). The third-order valence-corrected chi connectivity index (χ3v) is 8.86. The summed E-state index contributed by atoms with van der Waals surface area (Å²) in [4.78, 5) is 37.6. The number of alkyl halides is 2. The van der Waals surface area contributed by atoms with Crippen molar-refractivity contribution in [3.05, 3.63) is 58.1 Å². The number of aromatic nitrogens is 3. The second-order valence-electron chi connectivity index (χ2n) is 10.1. The van der Waals surface area contributed by atoms with E-state index in [1.54, 1.807) is 30.0 Å². The molecule has 2 fully saturated rings. The van der Waals surface area contributed by atoms with E-state index in [1.807, 2.05) is 0 Å². The monoisotopic (exact) mass is 562 g/mol. The smallest absolute Gasteiger partial charge is 0.407 e. The number of nitrogens with zero attached hydrogens (tertiary/aromatic N) is 4. The summed E-state index contributed by atoms with van der Waals surface area (Å²) < 4.78 is 53.7. The van der Waals surface area contributed by atoms with Gasteiger partial charge in [-0.25, -0.2) is 32.0 Å². The Morgan fingerprint density at radius 1 is 1.23 bits per heavy atom. The molecule has 39 heavy (non-hydrogen) atoms. The van der Waals surface area contributed by atoms with Gasteiger partial charge in [0, 0.05) is 50.1 Å². The van der Waals surface area contributed by atoms with E-state index in [-0.39, 0.29) is 48.9 Å². The average Bonchev–Trinajstić information content (AvgIpc) is 2.86. The number of H-pyrrole nitrogens is 1. The lowest BCUT2D eigenvalue weighted by Crippen LogP contribution is -2.50. The molecule has 1 unspecified atom stereocenters. The predicted molar refractivity (Wildman–Crippen MR) is 141 cm³/mol. The van der Waals surface area contributed by atoms with Gasteiger partial charge < -0.3 is 25.2 Å². The van der Waals surface area contributed by atoms with Gasteiger partial charge in [-0.3, -0.25) is 4.79 Å². The van der Waals surface area contributed by atoms with Gasteiger partial charge in [0.2, 0.25) is 0 Å². The number of aromatic amines is 1. The number of benzene rings is 1. The van der Waals surface area contributed by atoms with Crippen molar-refractivity contribution in [2.24, 2.45) is 5.92 Å². The SMILES string of the molecule is CC(Nc1ncnc2[nH]c(=O)c(N3CCS(=O)(=O)CC3)cc12)c1cccc(C(F)(F)CC2CN(C(=O)O)C2)c1. The highest BCUT2D eigenvalue weighted by molar-refractivity contribution is 7.91. The maximum absolute atomic E-state index is 15.1. The topological polar surface area (TPSA) is 149 Å². The summed E-state index contributed by atoms with van der Waals surface area (Å²) in [6.07, 6.45) is -0.259. The van der Waals surface area contributed by atoms with Crippen LogP contribution in [0.4, 0.5) is 25.1 Å². The minimum absolute atomic E-state index is 0.0442. The van der Waals surface area contributed by atoms with Gasteiger partial charge in [0.25, 0.3) is 11.5 Å². The Morgan fingerprint density at radius 2 is 1.95 bits per heavy atom. The highest BCUT2D eigenvalue weighted by atomic mass is 32.2. The van der Waals surface area contributed by atoms with Gasteiger partial charge in [0.15, 0.2) is 9.84 Å². The molecule has 2 aliphatic rings.